The van der Waals surface area contributed by atoms with Crippen molar-refractivity contribution < 1.29 is 19.1 Å². The van der Waals surface area contributed by atoms with Gasteiger partial charge in [0.05, 0.1) is 6.61 Å². The molecule has 1 amide bonds. The van der Waals surface area contributed by atoms with Gasteiger partial charge in [0.1, 0.15) is 16.8 Å². The molecule has 2 aromatic heterocycles. The van der Waals surface area contributed by atoms with Crippen LogP contribution in [0.5, 0.6) is 0 Å². The Labute approximate surface area is 245 Å². The van der Waals surface area contributed by atoms with Crippen molar-refractivity contribution >= 4 is 40.4 Å². The molecule has 224 valence electrons. The van der Waals surface area contributed by atoms with Gasteiger partial charge in [-0.2, -0.15) is 4.98 Å². The number of nitrogens with one attached hydrogen (secondary N) is 1. The van der Waals surface area contributed by atoms with E-state index in [4.69, 9.17) is 14.5 Å². The van der Waals surface area contributed by atoms with E-state index >= 15 is 0 Å². The Morgan fingerprint density at radius 1 is 1.05 bits per heavy atom. The number of hydrogen-bond acceptors (Lipinski definition) is 9. The lowest BCUT2D eigenvalue weighted by Gasteiger charge is -2.36. The van der Waals surface area contributed by atoms with Crippen molar-refractivity contribution in [3.8, 4) is 0 Å². The number of rotatable bonds is 6. The number of anilines is 3. The molecule has 1 saturated heterocycles. The van der Waals surface area contributed by atoms with Crippen LogP contribution in [0.25, 0.3) is 11.0 Å². The van der Waals surface area contributed by atoms with E-state index in [9.17, 15) is 14.4 Å². The maximum Gasteiger partial charge on any atom is 0.410 e. The van der Waals surface area contributed by atoms with Crippen molar-refractivity contribution in [2.24, 2.45) is 0 Å². The largest absolute Gasteiger partial charge is 0.462 e. The Hall–Kier alpha value is -4.15. The van der Waals surface area contributed by atoms with E-state index in [-0.39, 0.29) is 29.9 Å². The molecular formula is C31H40N6O5. The molecule has 1 N–H and O–H groups in total. The minimum Gasteiger partial charge on any atom is -0.462 e. The molecule has 0 bridgehead atoms. The van der Waals surface area contributed by atoms with Crippen molar-refractivity contribution in [1.29, 1.82) is 0 Å². The number of fused-ring (bicyclic) bond motifs is 1. The van der Waals surface area contributed by atoms with Crippen LogP contribution in [0.15, 0.2) is 35.3 Å². The van der Waals surface area contributed by atoms with Crippen LogP contribution >= 0.6 is 0 Å². The van der Waals surface area contributed by atoms with Crippen LogP contribution in [0.1, 0.15) is 75.3 Å². The molecule has 1 aliphatic heterocycles. The monoisotopic (exact) mass is 576 g/mol. The number of aryl methyl sites for hydroxylation is 1. The average molecular weight is 577 g/mol. The molecule has 11 heteroatoms. The fraction of sp³-hybridized carbons (Fsp3) is 0.516. The number of ether oxygens (including phenoxy) is 2. The van der Waals surface area contributed by atoms with E-state index < -0.39 is 11.6 Å². The summed E-state index contributed by atoms with van der Waals surface area (Å²) >= 11 is 0. The van der Waals surface area contributed by atoms with E-state index in [0.717, 1.165) is 37.1 Å². The number of esters is 1. The zero-order chi connectivity index (χ0) is 30.0. The van der Waals surface area contributed by atoms with E-state index in [1.807, 2.05) is 45.0 Å². The maximum absolute atomic E-state index is 13.6. The predicted molar refractivity (Wildman–Crippen MR) is 162 cm³/mol. The summed E-state index contributed by atoms with van der Waals surface area (Å²) in [6.45, 7) is 11.9. The van der Waals surface area contributed by atoms with Gasteiger partial charge < -0.3 is 24.6 Å². The smallest absolute Gasteiger partial charge is 0.410 e. The highest BCUT2D eigenvalue weighted by atomic mass is 16.6. The molecule has 42 heavy (non-hydrogen) atoms. The molecule has 5 rings (SSSR count). The van der Waals surface area contributed by atoms with Gasteiger partial charge in [0.25, 0.3) is 5.56 Å². The third-order valence-electron chi connectivity index (χ3n) is 7.80. The number of aromatic nitrogens is 3. The highest BCUT2D eigenvalue weighted by Gasteiger charge is 2.28. The number of benzene rings is 1. The second-order valence-electron chi connectivity index (χ2n) is 11.9. The van der Waals surface area contributed by atoms with Crippen LogP contribution in [-0.2, 0) is 9.47 Å². The van der Waals surface area contributed by atoms with Crippen molar-refractivity contribution in [2.75, 3.05) is 43.0 Å². The molecule has 2 aliphatic rings. The predicted octanol–water partition coefficient (Wildman–Crippen LogP) is 5.19. The first kappa shape index (κ1) is 29.3. The summed E-state index contributed by atoms with van der Waals surface area (Å²) in [5.74, 6) is -0.238. The highest BCUT2D eigenvalue weighted by Crippen LogP contribution is 2.32. The summed E-state index contributed by atoms with van der Waals surface area (Å²) in [7, 11) is 0. The van der Waals surface area contributed by atoms with Gasteiger partial charge >= 0.3 is 12.1 Å². The Bertz CT molecular complexity index is 1510. The van der Waals surface area contributed by atoms with E-state index in [1.165, 1.54) is 0 Å². The van der Waals surface area contributed by atoms with Crippen molar-refractivity contribution in [3.05, 3.63) is 51.9 Å². The average Bonchev–Trinajstić information content (AvgIpc) is 3.47. The number of pyridine rings is 1. The fourth-order valence-electron chi connectivity index (χ4n) is 5.70. The number of carbonyl (C=O) groups excluding carboxylic acids is 2. The molecule has 11 nitrogen and oxygen atoms in total. The normalized spacial score (nSPS) is 16.1. The van der Waals surface area contributed by atoms with Gasteiger partial charge in [-0.25, -0.2) is 14.6 Å². The summed E-state index contributed by atoms with van der Waals surface area (Å²) < 4.78 is 12.4. The van der Waals surface area contributed by atoms with E-state index in [0.29, 0.717) is 48.7 Å². The minimum absolute atomic E-state index is 0.0217. The van der Waals surface area contributed by atoms with Gasteiger partial charge in [-0.1, -0.05) is 12.8 Å². The SMILES string of the molecule is CCOC(=O)c1c(C)c2cnc(Nc3ccc(N4CCN(C(=O)OC(C)(C)C)CC4)cc3)nc2n(C2CCCC2)c1=O. The third kappa shape index (κ3) is 6.19. The van der Waals surface area contributed by atoms with Gasteiger partial charge in [0.15, 0.2) is 0 Å². The van der Waals surface area contributed by atoms with Crippen molar-refractivity contribution in [3.63, 3.8) is 0 Å². The van der Waals surface area contributed by atoms with Gasteiger partial charge in [-0.3, -0.25) is 9.36 Å². The van der Waals surface area contributed by atoms with Gasteiger partial charge in [-0.15, -0.1) is 0 Å². The first-order chi connectivity index (χ1) is 20.1. The third-order valence-corrected chi connectivity index (χ3v) is 7.80. The quantitative estimate of drug-likeness (QED) is 0.395. The summed E-state index contributed by atoms with van der Waals surface area (Å²) in [6, 6.07) is 7.95. The number of piperazine rings is 1. The minimum atomic E-state index is -0.609. The van der Waals surface area contributed by atoms with Crippen LogP contribution in [0.2, 0.25) is 0 Å². The number of carbonyl (C=O) groups is 2. The molecule has 3 heterocycles. The number of amides is 1. The fourth-order valence-corrected chi connectivity index (χ4v) is 5.70. The maximum atomic E-state index is 13.6. The standard InChI is InChI=1S/C31H40N6O5/c1-6-41-28(39)25-20(2)24-19-32-29(34-26(24)37(27(25)38)23-9-7-8-10-23)33-21-11-13-22(14-12-21)35-15-17-36(18-16-35)30(40)42-31(3,4)5/h11-14,19,23H,6-10,15-18H2,1-5H3,(H,32,33,34). The van der Waals surface area contributed by atoms with E-state index in [1.54, 1.807) is 29.5 Å². The summed E-state index contributed by atoms with van der Waals surface area (Å²) in [4.78, 5) is 52.0. The molecule has 1 aliphatic carbocycles. The van der Waals surface area contributed by atoms with Crippen LogP contribution in [0.3, 0.4) is 0 Å². The zero-order valence-electron chi connectivity index (χ0n) is 25.1. The number of hydrogen-bond donors (Lipinski definition) is 1. The summed E-state index contributed by atoms with van der Waals surface area (Å²) in [5.41, 5.74) is 2.11. The Balaban J connectivity index is 1.34. The Morgan fingerprint density at radius 2 is 1.71 bits per heavy atom. The van der Waals surface area contributed by atoms with Crippen LogP contribution in [0, 0.1) is 6.92 Å². The second kappa shape index (κ2) is 12.0. The lowest BCUT2D eigenvalue weighted by atomic mass is 10.1. The summed E-state index contributed by atoms with van der Waals surface area (Å²) in [6.07, 6.45) is 5.18. The van der Waals surface area contributed by atoms with Gasteiger partial charge in [0.2, 0.25) is 5.95 Å². The van der Waals surface area contributed by atoms with E-state index in [2.05, 4.69) is 15.2 Å². The highest BCUT2D eigenvalue weighted by molar-refractivity contribution is 5.96. The van der Waals surface area contributed by atoms with Crippen LogP contribution in [-0.4, -0.2) is 69.9 Å². The topological polar surface area (TPSA) is 119 Å². The molecule has 0 unspecified atom stereocenters. The molecule has 0 spiro atoms. The molecule has 3 aromatic rings. The lowest BCUT2D eigenvalue weighted by molar-refractivity contribution is 0.0240. The Morgan fingerprint density at radius 3 is 2.33 bits per heavy atom. The molecule has 0 atom stereocenters. The van der Waals surface area contributed by atoms with Gasteiger partial charge in [0, 0.05) is 55.2 Å². The van der Waals surface area contributed by atoms with Gasteiger partial charge in [-0.05, 0) is 77.3 Å². The molecule has 0 radical (unpaired) electrons. The van der Waals surface area contributed by atoms with Crippen molar-refractivity contribution in [2.45, 2.75) is 71.9 Å². The summed E-state index contributed by atoms with van der Waals surface area (Å²) in [5, 5.41) is 3.93. The first-order valence-electron chi connectivity index (χ1n) is 14.7. The molecule has 1 saturated carbocycles. The molecular weight excluding hydrogens is 536 g/mol. The van der Waals surface area contributed by atoms with Crippen molar-refractivity contribution in [1.82, 2.24) is 19.4 Å². The first-order valence-corrected chi connectivity index (χ1v) is 14.7. The molecule has 2 fully saturated rings. The lowest BCUT2D eigenvalue weighted by Crippen LogP contribution is -2.50. The Kier molecular flexibility index (Phi) is 8.38. The van der Waals surface area contributed by atoms with Crippen LogP contribution < -0.4 is 15.8 Å². The number of nitrogens with zero attached hydrogens (tertiary/aromatic N) is 5. The molecule has 1 aromatic carbocycles. The zero-order valence-corrected chi connectivity index (χ0v) is 25.1. The second-order valence-corrected chi connectivity index (χ2v) is 11.9. The van der Waals surface area contributed by atoms with Crippen LogP contribution in [0.4, 0.5) is 22.1 Å².